The van der Waals surface area contributed by atoms with Crippen molar-refractivity contribution in [2.45, 2.75) is 24.9 Å². The second-order valence-electron chi connectivity index (χ2n) is 9.23. The molecule has 4 aromatic carbocycles. The fourth-order valence-electron chi connectivity index (χ4n) is 3.77. The van der Waals surface area contributed by atoms with Crippen LogP contribution in [-0.4, -0.2) is 34.1 Å². The van der Waals surface area contributed by atoms with Crippen LogP contribution in [0.3, 0.4) is 0 Å². The van der Waals surface area contributed by atoms with Crippen molar-refractivity contribution in [2.24, 2.45) is 21.7 Å². The summed E-state index contributed by atoms with van der Waals surface area (Å²) in [5, 5.41) is 32.7. The van der Waals surface area contributed by atoms with Crippen LogP contribution in [0.1, 0.15) is 11.1 Å². The molecule has 2 amide bonds. The molecule has 0 saturated carbocycles. The highest BCUT2D eigenvalue weighted by molar-refractivity contribution is 5.95. The molecule has 4 rings (SSSR count). The molecular formula is C30H30N6O4. The van der Waals surface area contributed by atoms with Gasteiger partial charge in [-0.2, -0.15) is 10.2 Å². The molecule has 0 heterocycles. The second-order valence-corrected chi connectivity index (χ2v) is 9.23. The van der Waals surface area contributed by atoms with E-state index in [4.69, 9.17) is 11.5 Å². The third-order valence-corrected chi connectivity index (χ3v) is 6.01. The molecule has 40 heavy (non-hydrogen) atoms. The average molecular weight is 539 g/mol. The van der Waals surface area contributed by atoms with Gasteiger partial charge in [0.25, 0.3) is 0 Å². The monoisotopic (exact) mass is 538 g/mol. The zero-order valence-electron chi connectivity index (χ0n) is 21.6. The van der Waals surface area contributed by atoms with Crippen molar-refractivity contribution in [2.75, 3.05) is 10.6 Å². The number of hydrogen-bond acceptors (Lipinski definition) is 8. The van der Waals surface area contributed by atoms with Crippen molar-refractivity contribution < 1.29 is 19.8 Å². The number of benzene rings is 4. The summed E-state index contributed by atoms with van der Waals surface area (Å²) in [6, 6.07) is 25.3. The van der Waals surface area contributed by atoms with Crippen molar-refractivity contribution >= 4 is 34.6 Å². The number of rotatable bonds is 10. The number of nitrogens with one attached hydrogen (secondary N) is 2. The highest BCUT2D eigenvalue weighted by atomic mass is 16.3. The number of nitrogens with zero attached hydrogens (tertiary/aromatic N) is 2. The number of carbonyl (C=O) groups is 2. The number of azo groups is 1. The predicted molar refractivity (Wildman–Crippen MR) is 154 cm³/mol. The Morgan fingerprint density at radius 1 is 0.575 bits per heavy atom. The summed E-state index contributed by atoms with van der Waals surface area (Å²) in [4.78, 5) is 24.9. The highest BCUT2D eigenvalue weighted by Gasteiger charge is 2.15. The van der Waals surface area contributed by atoms with Gasteiger partial charge >= 0.3 is 0 Å². The smallest absolute Gasteiger partial charge is 0.241 e. The molecule has 0 unspecified atom stereocenters. The van der Waals surface area contributed by atoms with Gasteiger partial charge in [-0.05, 0) is 96.8 Å². The van der Waals surface area contributed by atoms with E-state index in [1.165, 1.54) is 0 Å². The van der Waals surface area contributed by atoms with E-state index in [0.717, 1.165) is 11.1 Å². The lowest BCUT2D eigenvalue weighted by atomic mass is 10.1. The zero-order valence-corrected chi connectivity index (χ0v) is 21.6. The van der Waals surface area contributed by atoms with Crippen LogP contribution in [0, 0.1) is 0 Å². The normalized spacial score (nSPS) is 12.6. The van der Waals surface area contributed by atoms with Crippen LogP contribution in [0.15, 0.2) is 107 Å². The Hall–Kier alpha value is -5.06. The lowest BCUT2D eigenvalue weighted by molar-refractivity contribution is -0.118. The topological polar surface area (TPSA) is 175 Å². The van der Waals surface area contributed by atoms with Crippen LogP contribution in [0.4, 0.5) is 22.7 Å². The van der Waals surface area contributed by atoms with E-state index < -0.39 is 12.1 Å². The van der Waals surface area contributed by atoms with Gasteiger partial charge in [0.15, 0.2) is 0 Å². The quantitative estimate of drug-likeness (QED) is 0.162. The van der Waals surface area contributed by atoms with Crippen molar-refractivity contribution in [3.05, 3.63) is 108 Å². The van der Waals surface area contributed by atoms with Crippen LogP contribution >= 0.6 is 0 Å². The zero-order chi connectivity index (χ0) is 28.5. The Bertz CT molecular complexity index is 1340. The molecule has 0 saturated heterocycles. The Balaban J connectivity index is 1.25. The predicted octanol–water partition coefficient (Wildman–Crippen LogP) is 4.53. The summed E-state index contributed by atoms with van der Waals surface area (Å²) < 4.78 is 0. The van der Waals surface area contributed by atoms with Crippen LogP contribution < -0.4 is 22.1 Å². The summed E-state index contributed by atoms with van der Waals surface area (Å²) in [6.07, 6.45) is 0.682. The standard InChI is InChI=1S/C30H30N6O4/c31-27(17-19-1-13-25(37)14-2-19)29(39)33-21-5-9-23(10-6-21)35-36-24-11-7-22(8-12-24)34-30(40)28(32)18-20-3-15-26(38)16-4-20/h1-16,27-28,37-38H,17-18,31-32H2,(H,33,39)(H,34,40)/t27-,28+. The van der Waals surface area contributed by atoms with Gasteiger partial charge in [-0.3, -0.25) is 9.59 Å². The van der Waals surface area contributed by atoms with E-state index in [9.17, 15) is 19.8 Å². The molecule has 10 heteroatoms. The van der Waals surface area contributed by atoms with Crippen molar-refractivity contribution in [3.8, 4) is 11.5 Å². The summed E-state index contributed by atoms with van der Waals surface area (Å²) in [6.45, 7) is 0. The first kappa shape index (κ1) is 28.0. The number of phenols is 2. The molecule has 0 aliphatic heterocycles. The maximum absolute atomic E-state index is 12.4. The molecule has 4 aromatic rings. The Morgan fingerprint density at radius 2 is 0.900 bits per heavy atom. The van der Waals surface area contributed by atoms with Gasteiger partial charge in [0.05, 0.1) is 23.5 Å². The molecule has 204 valence electrons. The molecule has 0 aliphatic carbocycles. The summed E-state index contributed by atoms with van der Waals surface area (Å²) in [5.41, 5.74) is 16.1. The van der Waals surface area contributed by atoms with Crippen LogP contribution in [0.2, 0.25) is 0 Å². The maximum atomic E-state index is 12.4. The molecule has 0 bridgehead atoms. The average Bonchev–Trinajstić information content (AvgIpc) is 2.95. The number of carbonyl (C=O) groups excluding carboxylic acids is 2. The van der Waals surface area contributed by atoms with E-state index in [-0.39, 0.29) is 23.3 Å². The molecule has 0 aliphatic rings. The number of phenolic OH excluding ortho intramolecular Hbond substituents is 2. The number of amides is 2. The van der Waals surface area contributed by atoms with Gasteiger partial charge in [0, 0.05) is 11.4 Å². The minimum absolute atomic E-state index is 0.156. The van der Waals surface area contributed by atoms with Gasteiger partial charge < -0.3 is 32.3 Å². The van der Waals surface area contributed by atoms with Gasteiger partial charge in [0.2, 0.25) is 11.8 Å². The first-order valence-electron chi connectivity index (χ1n) is 12.6. The lowest BCUT2D eigenvalue weighted by Crippen LogP contribution is -2.37. The Kier molecular flexibility index (Phi) is 9.19. The van der Waals surface area contributed by atoms with E-state index in [2.05, 4.69) is 20.9 Å². The number of hydrogen-bond donors (Lipinski definition) is 6. The SMILES string of the molecule is N[C@H](Cc1ccc(O)cc1)C(=O)Nc1ccc(N=Nc2ccc(NC(=O)[C@@H](N)Cc3ccc(O)cc3)cc2)cc1. The van der Waals surface area contributed by atoms with Crippen LogP contribution in [-0.2, 0) is 22.4 Å². The number of aromatic hydroxyl groups is 2. The first-order chi connectivity index (χ1) is 19.2. The van der Waals surface area contributed by atoms with Crippen LogP contribution in [0.25, 0.3) is 0 Å². The molecular weight excluding hydrogens is 508 g/mol. The lowest BCUT2D eigenvalue weighted by Gasteiger charge is -2.12. The molecule has 0 fully saturated rings. The van der Waals surface area contributed by atoms with E-state index >= 15 is 0 Å². The van der Waals surface area contributed by atoms with E-state index in [1.807, 2.05) is 0 Å². The third-order valence-electron chi connectivity index (χ3n) is 6.01. The van der Waals surface area contributed by atoms with Crippen molar-refractivity contribution in [1.82, 2.24) is 0 Å². The van der Waals surface area contributed by atoms with Gasteiger partial charge in [0.1, 0.15) is 11.5 Å². The molecule has 0 aromatic heterocycles. The second kappa shape index (κ2) is 13.1. The third kappa shape index (κ3) is 8.22. The van der Waals surface area contributed by atoms with Gasteiger partial charge in [-0.15, -0.1) is 0 Å². The molecule has 0 radical (unpaired) electrons. The Morgan fingerprint density at radius 3 is 1.23 bits per heavy atom. The van der Waals surface area contributed by atoms with Crippen molar-refractivity contribution in [1.29, 1.82) is 0 Å². The summed E-state index contributed by atoms with van der Waals surface area (Å²) in [5.74, 6) is -0.333. The number of anilines is 2. The minimum atomic E-state index is -0.744. The van der Waals surface area contributed by atoms with E-state index in [1.54, 1.807) is 97.1 Å². The summed E-state index contributed by atoms with van der Waals surface area (Å²) in [7, 11) is 0. The highest BCUT2D eigenvalue weighted by Crippen LogP contribution is 2.22. The molecule has 2 atom stereocenters. The largest absolute Gasteiger partial charge is 0.508 e. The molecule has 0 spiro atoms. The molecule has 10 nitrogen and oxygen atoms in total. The minimum Gasteiger partial charge on any atom is -0.508 e. The maximum Gasteiger partial charge on any atom is 0.241 e. The van der Waals surface area contributed by atoms with Crippen molar-refractivity contribution in [3.63, 3.8) is 0 Å². The van der Waals surface area contributed by atoms with Gasteiger partial charge in [-0.1, -0.05) is 24.3 Å². The first-order valence-corrected chi connectivity index (χ1v) is 12.6. The fourth-order valence-corrected chi connectivity index (χ4v) is 3.77. The summed E-state index contributed by atoms with van der Waals surface area (Å²) >= 11 is 0. The Labute approximate surface area is 231 Å². The molecule has 8 N–H and O–H groups in total. The van der Waals surface area contributed by atoms with Gasteiger partial charge in [-0.25, -0.2) is 0 Å². The van der Waals surface area contributed by atoms with E-state index in [0.29, 0.717) is 35.6 Å². The van der Waals surface area contributed by atoms with Crippen LogP contribution in [0.5, 0.6) is 11.5 Å². The fraction of sp³-hybridized carbons (Fsp3) is 0.133. The number of nitrogens with two attached hydrogens (primary N) is 2.